The molecule has 0 bridgehead atoms. The van der Waals surface area contributed by atoms with Crippen LogP contribution in [0.1, 0.15) is 0 Å². The lowest BCUT2D eigenvalue weighted by Gasteiger charge is -1.89. The maximum absolute atomic E-state index is 10.0. The fraction of sp³-hybridized carbons (Fsp3) is 0. The van der Waals surface area contributed by atoms with Gasteiger partial charge >= 0.3 is 11.8 Å². The molecule has 0 aromatic carbocycles. The number of imidazole rings is 1. The zero-order chi connectivity index (χ0) is 8.27. The van der Waals surface area contributed by atoms with E-state index in [1.54, 1.807) is 0 Å². The van der Waals surface area contributed by atoms with Crippen LogP contribution < -0.4 is 10.8 Å². The highest BCUT2D eigenvalue weighted by molar-refractivity contribution is 5.14. The zero-order valence-electron chi connectivity index (χ0n) is 5.18. The van der Waals surface area contributed by atoms with Gasteiger partial charge in [-0.15, -0.1) is 0 Å². The zero-order valence-corrected chi connectivity index (χ0v) is 5.18. The number of nitrogens with two attached hydrogens (primary N) is 1. The normalized spacial score (nSPS) is 9.55. The van der Waals surface area contributed by atoms with Gasteiger partial charge in [0.1, 0.15) is 0 Å². The van der Waals surface area contributed by atoms with E-state index < -0.39 is 10.9 Å². The summed E-state index contributed by atoms with van der Waals surface area (Å²) < 4.78 is 0. The topological polar surface area (TPSA) is 116 Å². The molecular weight excluding hydrogens is 156 g/mol. The first-order valence-electron chi connectivity index (χ1n) is 2.47. The lowest BCUT2D eigenvalue weighted by Crippen LogP contribution is -2.03. The van der Waals surface area contributed by atoms with Crippen molar-refractivity contribution in [2.24, 2.45) is 5.90 Å². The van der Waals surface area contributed by atoms with E-state index in [4.69, 9.17) is 0 Å². The Bertz CT molecular complexity index is 258. The summed E-state index contributed by atoms with van der Waals surface area (Å²) in [6.07, 6.45) is 1.07. The van der Waals surface area contributed by atoms with Crippen molar-refractivity contribution in [2.75, 3.05) is 0 Å². The molecule has 3 N–H and O–H groups in total. The molecule has 0 aliphatic heterocycles. The number of rotatable bonds is 3. The van der Waals surface area contributed by atoms with Crippen molar-refractivity contribution in [1.82, 2.24) is 9.97 Å². The number of hydrogen-bond acceptors (Lipinski definition) is 6. The fourth-order valence-electron chi connectivity index (χ4n) is 0.481. The van der Waals surface area contributed by atoms with E-state index in [2.05, 4.69) is 25.7 Å². The van der Waals surface area contributed by atoms with Crippen molar-refractivity contribution in [2.45, 2.75) is 0 Å². The first-order chi connectivity index (χ1) is 5.24. The molecule has 0 atom stereocenters. The Morgan fingerprint density at radius 1 is 1.82 bits per heavy atom. The first-order valence-corrected chi connectivity index (χ1v) is 2.47. The Hall–Kier alpha value is -1.67. The average molecular weight is 160 g/mol. The van der Waals surface area contributed by atoms with Gasteiger partial charge < -0.3 is 10.1 Å². The minimum absolute atomic E-state index is 0.0285. The molecular formula is C3H4N4O4. The minimum Gasteiger partial charge on any atom is -0.390 e. The Morgan fingerprint density at radius 2 is 2.55 bits per heavy atom. The molecule has 0 aliphatic rings. The predicted octanol–water partition coefficient (Wildman–Crippen LogP) is -0.498. The summed E-state index contributed by atoms with van der Waals surface area (Å²) in [5.74, 6) is 4.04. The third-order valence-electron chi connectivity index (χ3n) is 0.850. The standard InChI is InChI=1S/C3H4N4O4/c4-11-10-2-1-5-3(6-2)7(8)9/h1H,4H2,(H,5,6). The van der Waals surface area contributed by atoms with Gasteiger partial charge in [-0.1, -0.05) is 9.97 Å². The van der Waals surface area contributed by atoms with Crippen LogP contribution in [0.15, 0.2) is 6.20 Å². The van der Waals surface area contributed by atoms with Gasteiger partial charge in [-0.2, -0.15) is 5.90 Å². The van der Waals surface area contributed by atoms with Crippen molar-refractivity contribution in [1.29, 1.82) is 0 Å². The fourth-order valence-corrected chi connectivity index (χ4v) is 0.481. The first kappa shape index (κ1) is 7.44. The maximum atomic E-state index is 10.0. The van der Waals surface area contributed by atoms with Gasteiger partial charge in [-0.05, 0) is 4.92 Å². The average Bonchev–Trinajstić information content (AvgIpc) is 2.37. The molecule has 8 nitrogen and oxygen atoms in total. The van der Waals surface area contributed by atoms with E-state index >= 15 is 0 Å². The van der Waals surface area contributed by atoms with Crippen LogP contribution in [0.25, 0.3) is 0 Å². The number of nitrogens with one attached hydrogen (secondary N) is 1. The molecule has 60 valence electrons. The van der Waals surface area contributed by atoms with Crippen molar-refractivity contribution in [3.63, 3.8) is 0 Å². The Morgan fingerprint density at radius 3 is 3.00 bits per heavy atom. The van der Waals surface area contributed by atoms with Gasteiger partial charge in [0.15, 0.2) is 6.20 Å². The van der Waals surface area contributed by atoms with Crippen LogP contribution in [-0.2, 0) is 4.99 Å². The number of aromatic amines is 1. The van der Waals surface area contributed by atoms with E-state index in [0.717, 1.165) is 6.20 Å². The van der Waals surface area contributed by atoms with Crippen LogP contribution in [0, 0.1) is 10.1 Å². The molecule has 1 heterocycles. The quantitative estimate of drug-likeness (QED) is 0.349. The summed E-state index contributed by atoms with van der Waals surface area (Å²) in [6, 6.07) is 0. The second-order valence-corrected chi connectivity index (χ2v) is 1.51. The van der Waals surface area contributed by atoms with Gasteiger partial charge in [-0.25, -0.2) is 4.98 Å². The summed E-state index contributed by atoms with van der Waals surface area (Å²) in [5.41, 5.74) is 0. The molecule has 0 spiro atoms. The summed E-state index contributed by atoms with van der Waals surface area (Å²) in [4.78, 5) is 22.7. The van der Waals surface area contributed by atoms with E-state index in [9.17, 15) is 10.1 Å². The number of nitrogens with zero attached hydrogens (tertiary/aromatic N) is 2. The molecule has 8 heteroatoms. The summed E-state index contributed by atoms with van der Waals surface area (Å²) in [5, 5.41) is 10.0. The van der Waals surface area contributed by atoms with E-state index in [0.29, 0.717) is 0 Å². The molecule has 1 rings (SSSR count). The lowest BCUT2D eigenvalue weighted by molar-refractivity contribution is -0.394. The molecule has 11 heavy (non-hydrogen) atoms. The van der Waals surface area contributed by atoms with Crippen LogP contribution in [0.5, 0.6) is 5.88 Å². The molecule has 0 amide bonds. The highest BCUT2D eigenvalue weighted by Crippen LogP contribution is 2.10. The summed E-state index contributed by atoms with van der Waals surface area (Å²) >= 11 is 0. The minimum atomic E-state index is -0.705. The molecule has 0 unspecified atom stereocenters. The van der Waals surface area contributed by atoms with Crippen molar-refractivity contribution < 1.29 is 14.8 Å². The molecule has 1 aromatic heterocycles. The summed E-state index contributed by atoms with van der Waals surface area (Å²) in [6.45, 7) is 0. The van der Waals surface area contributed by atoms with Gasteiger partial charge in [0.05, 0.1) is 0 Å². The largest absolute Gasteiger partial charge is 0.435 e. The van der Waals surface area contributed by atoms with E-state index in [-0.39, 0.29) is 5.88 Å². The SMILES string of the molecule is NOOc1cnc([N+](=O)[O-])[nH]1. The van der Waals surface area contributed by atoms with Crippen molar-refractivity contribution >= 4 is 5.95 Å². The van der Waals surface area contributed by atoms with Crippen LogP contribution in [0.2, 0.25) is 0 Å². The third-order valence-corrected chi connectivity index (χ3v) is 0.850. The van der Waals surface area contributed by atoms with Crippen molar-refractivity contribution in [3.05, 3.63) is 16.3 Å². The Balaban J connectivity index is 2.73. The Labute approximate surface area is 60.0 Å². The van der Waals surface area contributed by atoms with E-state index in [1.807, 2.05) is 0 Å². The summed E-state index contributed by atoms with van der Waals surface area (Å²) in [7, 11) is 0. The van der Waals surface area contributed by atoms with Crippen LogP contribution in [-0.4, -0.2) is 14.9 Å². The third kappa shape index (κ3) is 1.63. The Kier molecular flexibility index (Phi) is 1.99. The smallest absolute Gasteiger partial charge is 0.390 e. The molecule has 0 aliphatic carbocycles. The molecule has 0 saturated heterocycles. The van der Waals surface area contributed by atoms with Crippen LogP contribution in [0.4, 0.5) is 5.95 Å². The van der Waals surface area contributed by atoms with Gasteiger partial charge in [-0.3, -0.25) is 4.89 Å². The van der Waals surface area contributed by atoms with E-state index in [1.165, 1.54) is 0 Å². The van der Waals surface area contributed by atoms with Gasteiger partial charge in [0.2, 0.25) is 0 Å². The van der Waals surface area contributed by atoms with Crippen LogP contribution in [0.3, 0.4) is 0 Å². The number of nitro groups is 1. The van der Waals surface area contributed by atoms with Crippen LogP contribution >= 0.6 is 0 Å². The highest BCUT2D eigenvalue weighted by atomic mass is 17.3. The monoisotopic (exact) mass is 160 g/mol. The van der Waals surface area contributed by atoms with Crippen molar-refractivity contribution in [3.8, 4) is 5.88 Å². The number of aromatic nitrogens is 2. The maximum Gasteiger partial charge on any atom is 0.435 e. The lowest BCUT2D eigenvalue weighted by atomic mass is 10.9. The number of hydrogen-bond donors (Lipinski definition) is 2. The number of H-pyrrole nitrogens is 1. The molecule has 0 radical (unpaired) electrons. The second kappa shape index (κ2) is 2.94. The van der Waals surface area contributed by atoms with Gasteiger partial charge in [0, 0.05) is 0 Å². The molecule has 1 aromatic rings. The van der Waals surface area contributed by atoms with Gasteiger partial charge in [0.25, 0.3) is 0 Å². The molecule has 0 saturated carbocycles. The second-order valence-electron chi connectivity index (χ2n) is 1.51. The predicted molar refractivity (Wildman–Crippen MR) is 31.1 cm³/mol. The molecule has 0 fully saturated rings. The highest BCUT2D eigenvalue weighted by Gasteiger charge is 2.11.